The van der Waals surface area contributed by atoms with Gasteiger partial charge in [0.05, 0.1) is 11.4 Å². The van der Waals surface area contributed by atoms with Crippen LogP contribution in [-0.4, -0.2) is 10.9 Å². The third kappa shape index (κ3) is 3.46. The first-order valence-electron chi connectivity index (χ1n) is 8.76. The van der Waals surface area contributed by atoms with Gasteiger partial charge in [0.2, 0.25) is 0 Å². The second-order valence-corrected chi connectivity index (χ2v) is 8.11. The summed E-state index contributed by atoms with van der Waals surface area (Å²) in [6.45, 7) is 3.99. The molecule has 28 heavy (non-hydrogen) atoms. The van der Waals surface area contributed by atoms with Crippen molar-refractivity contribution in [1.82, 2.24) is 4.98 Å². The molecule has 4 nitrogen and oxygen atoms in total. The van der Waals surface area contributed by atoms with Crippen LogP contribution >= 0.6 is 22.9 Å². The van der Waals surface area contributed by atoms with E-state index in [0.717, 1.165) is 38.3 Å². The summed E-state index contributed by atoms with van der Waals surface area (Å²) in [5.74, 6) is -0.222. The molecule has 140 valence electrons. The van der Waals surface area contributed by atoms with Gasteiger partial charge >= 0.3 is 0 Å². The summed E-state index contributed by atoms with van der Waals surface area (Å²) in [7, 11) is 0. The normalized spacial score (nSPS) is 11.0. The van der Waals surface area contributed by atoms with Crippen LogP contribution in [0.4, 0.5) is 11.4 Å². The zero-order chi connectivity index (χ0) is 19.8. The lowest BCUT2D eigenvalue weighted by Crippen LogP contribution is -2.12. The number of thiophene rings is 1. The number of amides is 1. The van der Waals surface area contributed by atoms with Crippen LogP contribution in [0.2, 0.25) is 5.02 Å². The molecule has 0 unspecified atom stereocenters. The maximum absolute atomic E-state index is 12.8. The number of fused-ring (bicyclic) bond motifs is 1. The number of nitrogens with zero attached hydrogens (tertiary/aromatic N) is 1. The number of nitrogen functional groups attached to an aromatic ring is 1. The molecule has 0 aliphatic carbocycles. The van der Waals surface area contributed by atoms with E-state index in [9.17, 15) is 4.79 Å². The fourth-order valence-electron chi connectivity index (χ4n) is 3.08. The Bertz CT molecular complexity index is 1200. The van der Waals surface area contributed by atoms with E-state index in [1.165, 1.54) is 11.3 Å². The van der Waals surface area contributed by atoms with E-state index in [1.54, 1.807) is 0 Å². The largest absolute Gasteiger partial charge is 0.397 e. The van der Waals surface area contributed by atoms with E-state index >= 15 is 0 Å². The number of nitrogens with two attached hydrogens (primary N) is 1. The molecule has 0 bridgehead atoms. The first-order valence-corrected chi connectivity index (χ1v) is 9.95. The third-order valence-electron chi connectivity index (χ3n) is 4.57. The van der Waals surface area contributed by atoms with Gasteiger partial charge in [-0.2, -0.15) is 0 Å². The van der Waals surface area contributed by atoms with Gasteiger partial charge in [0.15, 0.2) is 0 Å². The fraction of sp³-hybridized carbons (Fsp3) is 0.0909. The highest BCUT2D eigenvalue weighted by Gasteiger charge is 2.18. The van der Waals surface area contributed by atoms with E-state index in [-0.39, 0.29) is 5.91 Å². The topological polar surface area (TPSA) is 68.0 Å². The van der Waals surface area contributed by atoms with Crippen LogP contribution in [0.1, 0.15) is 20.8 Å². The van der Waals surface area contributed by atoms with Gasteiger partial charge in [0.25, 0.3) is 5.91 Å². The third-order valence-corrected chi connectivity index (χ3v) is 5.94. The molecule has 1 amide bonds. The number of hydrogen-bond acceptors (Lipinski definition) is 4. The molecule has 0 atom stereocenters. The quantitative estimate of drug-likeness (QED) is 0.433. The molecule has 0 spiro atoms. The number of aromatic nitrogens is 1. The molecule has 3 N–H and O–H groups in total. The molecular formula is C22H18ClN3OS. The lowest BCUT2D eigenvalue weighted by atomic mass is 10.1. The van der Waals surface area contributed by atoms with E-state index < -0.39 is 0 Å². The van der Waals surface area contributed by atoms with Crippen LogP contribution in [0.3, 0.4) is 0 Å². The van der Waals surface area contributed by atoms with Crippen molar-refractivity contribution in [2.45, 2.75) is 13.8 Å². The molecular weight excluding hydrogens is 390 g/mol. The van der Waals surface area contributed by atoms with E-state index in [4.69, 9.17) is 22.3 Å². The van der Waals surface area contributed by atoms with Gasteiger partial charge in [0, 0.05) is 21.7 Å². The van der Waals surface area contributed by atoms with Crippen LogP contribution in [0.15, 0.2) is 54.6 Å². The van der Waals surface area contributed by atoms with E-state index in [2.05, 4.69) is 5.32 Å². The second-order valence-electron chi connectivity index (χ2n) is 6.67. The van der Waals surface area contributed by atoms with Crippen molar-refractivity contribution in [2.75, 3.05) is 11.1 Å². The van der Waals surface area contributed by atoms with Crippen molar-refractivity contribution in [2.24, 2.45) is 0 Å². The maximum Gasteiger partial charge on any atom is 0.267 e. The highest BCUT2D eigenvalue weighted by Crippen LogP contribution is 2.35. The first kappa shape index (κ1) is 18.5. The Labute approximate surface area is 172 Å². The van der Waals surface area contributed by atoms with Crippen molar-refractivity contribution < 1.29 is 4.79 Å². The lowest BCUT2D eigenvalue weighted by molar-refractivity contribution is 0.103. The Morgan fingerprint density at radius 3 is 2.54 bits per heavy atom. The molecule has 4 rings (SSSR count). The average molecular weight is 408 g/mol. The van der Waals surface area contributed by atoms with Crippen molar-refractivity contribution in [3.8, 4) is 11.3 Å². The van der Waals surface area contributed by atoms with Crippen molar-refractivity contribution in [3.05, 3.63) is 75.6 Å². The molecule has 0 aliphatic heterocycles. The van der Waals surface area contributed by atoms with Crippen molar-refractivity contribution in [1.29, 1.82) is 0 Å². The number of hydrogen-bond donors (Lipinski definition) is 2. The van der Waals surface area contributed by atoms with Crippen molar-refractivity contribution >= 4 is 50.4 Å². The average Bonchev–Trinajstić information content (AvgIpc) is 3.01. The number of nitrogens with one attached hydrogen (secondary N) is 1. The van der Waals surface area contributed by atoms with Crippen LogP contribution in [-0.2, 0) is 0 Å². The molecule has 0 saturated carbocycles. The van der Waals surface area contributed by atoms with Crippen LogP contribution in [0.5, 0.6) is 0 Å². The molecule has 6 heteroatoms. The predicted octanol–water partition coefficient (Wildman–Crippen LogP) is 6.07. The van der Waals surface area contributed by atoms with Gasteiger partial charge in [0.1, 0.15) is 9.71 Å². The van der Waals surface area contributed by atoms with Gasteiger partial charge in [-0.15, -0.1) is 11.3 Å². The molecule has 2 aromatic heterocycles. The SMILES string of the molecule is Cc1ccc(NC(=O)c2sc3nc(-c4ccc(Cl)cc4)ccc3c2N)c(C)c1. The van der Waals surface area contributed by atoms with E-state index in [0.29, 0.717) is 15.6 Å². The minimum atomic E-state index is -0.222. The van der Waals surface area contributed by atoms with Crippen LogP contribution in [0.25, 0.3) is 21.5 Å². The van der Waals surface area contributed by atoms with Gasteiger partial charge < -0.3 is 11.1 Å². The minimum absolute atomic E-state index is 0.222. The molecule has 0 fully saturated rings. The zero-order valence-corrected chi connectivity index (χ0v) is 17.0. The van der Waals surface area contributed by atoms with Gasteiger partial charge in [-0.05, 0) is 49.7 Å². The Morgan fingerprint density at radius 2 is 1.82 bits per heavy atom. The van der Waals surface area contributed by atoms with Crippen molar-refractivity contribution in [3.63, 3.8) is 0 Å². The maximum atomic E-state index is 12.8. The number of carbonyl (C=O) groups is 1. The predicted molar refractivity (Wildman–Crippen MR) is 118 cm³/mol. The Balaban J connectivity index is 1.68. The molecule has 2 heterocycles. The first-order chi connectivity index (χ1) is 13.4. The number of pyridine rings is 1. The summed E-state index contributed by atoms with van der Waals surface area (Å²) in [4.78, 5) is 18.7. The standard InChI is InChI=1S/C22H18ClN3OS/c1-12-3-9-17(13(2)11-12)25-21(27)20-19(24)16-8-10-18(26-22(16)28-20)14-4-6-15(23)7-5-14/h3-11H,24H2,1-2H3,(H,25,27). The number of anilines is 2. The molecule has 0 saturated heterocycles. The zero-order valence-electron chi connectivity index (χ0n) is 15.4. The number of rotatable bonds is 3. The lowest BCUT2D eigenvalue weighted by Gasteiger charge is -2.08. The second kappa shape index (κ2) is 7.26. The summed E-state index contributed by atoms with van der Waals surface area (Å²) in [6, 6.07) is 17.2. The smallest absolute Gasteiger partial charge is 0.267 e. The highest BCUT2D eigenvalue weighted by atomic mass is 35.5. The van der Waals surface area contributed by atoms with Gasteiger partial charge in [-0.1, -0.05) is 41.4 Å². The molecule has 4 aromatic rings. The minimum Gasteiger partial charge on any atom is -0.397 e. The van der Waals surface area contributed by atoms with Gasteiger partial charge in [-0.3, -0.25) is 4.79 Å². The van der Waals surface area contributed by atoms with Crippen LogP contribution in [0, 0.1) is 13.8 Å². The molecule has 0 aliphatic rings. The highest BCUT2D eigenvalue weighted by molar-refractivity contribution is 7.21. The van der Waals surface area contributed by atoms with Gasteiger partial charge in [-0.25, -0.2) is 4.98 Å². The summed E-state index contributed by atoms with van der Waals surface area (Å²) >= 11 is 7.26. The Morgan fingerprint density at radius 1 is 1.07 bits per heavy atom. The van der Waals surface area contributed by atoms with E-state index in [1.807, 2.05) is 68.4 Å². The molecule has 0 radical (unpaired) electrons. The van der Waals surface area contributed by atoms with Crippen LogP contribution < -0.4 is 11.1 Å². The number of aryl methyl sites for hydroxylation is 2. The summed E-state index contributed by atoms with van der Waals surface area (Å²) in [6.07, 6.45) is 0. The number of halogens is 1. The molecule has 2 aromatic carbocycles. The summed E-state index contributed by atoms with van der Waals surface area (Å²) < 4.78 is 0. The summed E-state index contributed by atoms with van der Waals surface area (Å²) in [5, 5.41) is 4.42. The monoisotopic (exact) mass is 407 g/mol. The number of benzene rings is 2. The number of carbonyl (C=O) groups excluding carboxylic acids is 1. The summed E-state index contributed by atoms with van der Waals surface area (Å²) in [5.41, 5.74) is 11.4. The Hall–Kier alpha value is -2.89. The Kier molecular flexibility index (Phi) is 4.79. The fourth-order valence-corrected chi connectivity index (χ4v) is 4.20.